The van der Waals surface area contributed by atoms with E-state index < -0.39 is 0 Å². The molecule has 0 spiro atoms. The molecule has 0 bridgehead atoms. The summed E-state index contributed by atoms with van der Waals surface area (Å²) in [6.07, 6.45) is 0. The summed E-state index contributed by atoms with van der Waals surface area (Å²) in [4.78, 5) is 1.86. The molecule has 0 atom stereocenters. The van der Waals surface area contributed by atoms with Crippen LogP contribution < -0.4 is 10.3 Å². The van der Waals surface area contributed by atoms with Gasteiger partial charge in [0.2, 0.25) is 0 Å². The summed E-state index contributed by atoms with van der Waals surface area (Å²) in [6, 6.07) is 10.4. The van der Waals surface area contributed by atoms with Crippen LogP contribution in [0.1, 0.15) is 16.7 Å². The van der Waals surface area contributed by atoms with Gasteiger partial charge in [0.1, 0.15) is 17.3 Å². The van der Waals surface area contributed by atoms with E-state index in [2.05, 4.69) is 17.1 Å². The molecule has 0 aromatic heterocycles. The fourth-order valence-electron chi connectivity index (χ4n) is 2.47. The van der Waals surface area contributed by atoms with Crippen molar-refractivity contribution in [3.8, 4) is 11.5 Å². The van der Waals surface area contributed by atoms with Crippen molar-refractivity contribution in [1.29, 1.82) is 0 Å². The summed E-state index contributed by atoms with van der Waals surface area (Å²) in [5.41, 5.74) is 6.58. The quantitative estimate of drug-likeness (QED) is 0.797. The van der Waals surface area contributed by atoms with Crippen LogP contribution in [0.2, 0.25) is 0 Å². The zero-order valence-electron chi connectivity index (χ0n) is 12.5. The molecule has 0 amide bonds. The van der Waals surface area contributed by atoms with Crippen LogP contribution in [0.3, 0.4) is 0 Å². The van der Waals surface area contributed by atoms with Gasteiger partial charge in [-0.15, -0.1) is 0 Å². The molecule has 0 saturated carbocycles. The van der Waals surface area contributed by atoms with Crippen LogP contribution >= 0.6 is 0 Å². The Morgan fingerprint density at radius 2 is 1.91 bits per heavy atom. The summed E-state index contributed by atoms with van der Waals surface area (Å²) in [5.74, 6) is 1.11. The second-order valence-corrected chi connectivity index (χ2v) is 5.25. The molecule has 1 aliphatic rings. The fourth-order valence-corrected chi connectivity index (χ4v) is 2.47. The molecule has 22 heavy (non-hydrogen) atoms. The average Bonchev–Trinajstić information content (AvgIpc) is 2.84. The van der Waals surface area contributed by atoms with Crippen LogP contribution in [-0.2, 0) is 0 Å². The number of aryl methyl sites for hydroxylation is 1. The summed E-state index contributed by atoms with van der Waals surface area (Å²) < 4.78 is 0. The lowest BCUT2D eigenvalue weighted by Gasteiger charge is -2.23. The van der Waals surface area contributed by atoms with E-state index in [1.54, 1.807) is 6.07 Å². The maximum absolute atomic E-state index is 10.1. The predicted octanol–water partition coefficient (Wildman–Crippen LogP) is 2.96. The van der Waals surface area contributed by atoms with Crippen LogP contribution in [0.25, 0.3) is 0 Å². The van der Waals surface area contributed by atoms with Crippen LogP contribution in [0.5, 0.6) is 11.5 Å². The molecule has 0 fully saturated rings. The van der Waals surface area contributed by atoms with E-state index in [-0.39, 0.29) is 11.5 Å². The molecule has 1 heterocycles. The highest BCUT2D eigenvalue weighted by Crippen LogP contribution is 2.32. The van der Waals surface area contributed by atoms with Gasteiger partial charge >= 0.3 is 0 Å². The first-order valence-electron chi connectivity index (χ1n) is 6.90. The number of benzene rings is 2. The standard InChI is InChI=1S/C17H17N3O2/c1-10-5-4-6-15(11(10)2)20-12(3)18-19-17(20)14-8-7-13(21)9-16(14)22/h4-9,18,21-22H,3H2,1-2H3. The lowest BCUT2D eigenvalue weighted by Crippen LogP contribution is -2.28. The first-order chi connectivity index (χ1) is 10.5. The number of hydrazone groups is 1. The molecule has 5 heteroatoms. The molecular formula is C17H17N3O2. The summed E-state index contributed by atoms with van der Waals surface area (Å²) in [6.45, 7) is 8.05. The Balaban J connectivity index is 2.12. The Morgan fingerprint density at radius 1 is 1.14 bits per heavy atom. The number of anilines is 1. The zero-order valence-corrected chi connectivity index (χ0v) is 12.5. The molecule has 0 aliphatic carbocycles. The van der Waals surface area contributed by atoms with Gasteiger partial charge in [-0.1, -0.05) is 18.7 Å². The van der Waals surface area contributed by atoms with Gasteiger partial charge in [0.15, 0.2) is 5.84 Å². The van der Waals surface area contributed by atoms with Gasteiger partial charge in [-0.25, -0.2) is 0 Å². The van der Waals surface area contributed by atoms with E-state index >= 15 is 0 Å². The second kappa shape index (κ2) is 5.11. The predicted molar refractivity (Wildman–Crippen MR) is 87.0 cm³/mol. The van der Waals surface area contributed by atoms with Crippen molar-refractivity contribution >= 4 is 11.5 Å². The van der Waals surface area contributed by atoms with Crippen molar-refractivity contribution in [3.63, 3.8) is 0 Å². The number of hydrogen-bond donors (Lipinski definition) is 3. The Hall–Kier alpha value is -2.95. The minimum atomic E-state index is -0.0365. The van der Waals surface area contributed by atoms with Crippen LogP contribution in [0.4, 0.5) is 5.69 Å². The van der Waals surface area contributed by atoms with Gasteiger partial charge in [0, 0.05) is 6.07 Å². The average molecular weight is 295 g/mol. The first kappa shape index (κ1) is 14.0. The largest absolute Gasteiger partial charge is 0.508 e. The van der Waals surface area contributed by atoms with Crippen molar-refractivity contribution in [2.24, 2.45) is 5.10 Å². The smallest absolute Gasteiger partial charge is 0.170 e. The zero-order chi connectivity index (χ0) is 15.9. The van der Waals surface area contributed by atoms with E-state index in [9.17, 15) is 10.2 Å². The molecule has 3 rings (SSSR count). The van der Waals surface area contributed by atoms with Crippen LogP contribution in [0, 0.1) is 13.8 Å². The molecular weight excluding hydrogens is 278 g/mol. The van der Waals surface area contributed by atoms with Crippen molar-refractivity contribution in [3.05, 3.63) is 65.5 Å². The SMILES string of the molecule is C=C1NN=C(c2ccc(O)cc2O)N1c1cccc(C)c1C. The van der Waals surface area contributed by atoms with E-state index in [4.69, 9.17) is 0 Å². The van der Waals surface area contributed by atoms with Gasteiger partial charge in [-0.05, 0) is 43.2 Å². The topological polar surface area (TPSA) is 68.1 Å². The Bertz CT molecular complexity index is 796. The van der Waals surface area contributed by atoms with Crippen LogP contribution in [-0.4, -0.2) is 16.0 Å². The van der Waals surface area contributed by atoms with E-state index in [1.807, 2.05) is 36.9 Å². The fraction of sp³-hybridized carbons (Fsp3) is 0.118. The van der Waals surface area contributed by atoms with Gasteiger partial charge in [-0.2, -0.15) is 5.10 Å². The number of phenols is 2. The molecule has 0 unspecified atom stereocenters. The Labute approximate surface area is 128 Å². The molecule has 0 saturated heterocycles. The minimum absolute atomic E-state index is 0.00455. The third-order valence-corrected chi connectivity index (χ3v) is 3.81. The summed E-state index contributed by atoms with van der Waals surface area (Å²) in [5, 5.41) is 23.8. The lowest BCUT2D eigenvalue weighted by atomic mass is 10.1. The molecule has 3 N–H and O–H groups in total. The molecule has 2 aromatic rings. The van der Waals surface area contributed by atoms with Crippen LogP contribution in [0.15, 0.2) is 53.9 Å². The van der Waals surface area contributed by atoms with Gasteiger partial charge in [0.05, 0.1) is 11.3 Å². The highest BCUT2D eigenvalue weighted by atomic mass is 16.3. The van der Waals surface area contributed by atoms with Gasteiger partial charge in [-0.3, -0.25) is 10.3 Å². The normalized spacial score (nSPS) is 14.0. The third-order valence-electron chi connectivity index (χ3n) is 3.81. The highest BCUT2D eigenvalue weighted by Gasteiger charge is 2.27. The third kappa shape index (κ3) is 2.16. The van der Waals surface area contributed by atoms with Gasteiger partial charge in [0.25, 0.3) is 0 Å². The maximum Gasteiger partial charge on any atom is 0.170 e. The number of nitrogens with zero attached hydrogens (tertiary/aromatic N) is 2. The number of amidine groups is 1. The van der Waals surface area contributed by atoms with E-state index in [0.29, 0.717) is 17.2 Å². The maximum atomic E-state index is 10.1. The monoisotopic (exact) mass is 295 g/mol. The number of phenolic OH excluding ortho intramolecular Hbond substituents is 2. The van der Waals surface area contributed by atoms with Crippen molar-refractivity contribution in [2.45, 2.75) is 13.8 Å². The molecule has 0 radical (unpaired) electrons. The Kier molecular flexibility index (Phi) is 3.25. The molecule has 5 nitrogen and oxygen atoms in total. The van der Waals surface area contributed by atoms with Crippen molar-refractivity contribution < 1.29 is 10.2 Å². The number of hydrogen-bond acceptors (Lipinski definition) is 5. The number of aromatic hydroxyl groups is 2. The van der Waals surface area contributed by atoms with E-state index in [1.165, 1.54) is 12.1 Å². The molecule has 2 aromatic carbocycles. The first-order valence-corrected chi connectivity index (χ1v) is 6.90. The summed E-state index contributed by atoms with van der Waals surface area (Å²) in [7, 11) is 0. The van der Waals surface area contributed by atoms with E-state index in [0.717, 1.165) is 16.8 Å². The van der Waals surface area contributed by atoms with Crippen molar-refractivity contribution in [1.82, 2.24) is 5.43 Å². The lowest BCUT2D eigenvalue weighted by molar-refractivity contribution is 0.450. The molecule has 112 valence electrons. The Morgan fingerprint density at radius 3 is 2.64 bits per heavy atom. The van der Waals surface area contributed by atoms with Crippen molar-refractivity contribution in [2.75, 3.05) is 4.90 Å². The highest BCUT2D eigenvalue weighted by molar-refractivity contribution is 6.14. The summed E-state index contributed by atoms with van der Waals surface area (Å²) >= 11 is 0. The molecule has 1 aliphatic heterocycles. The second-order valence-electron chi connectivity index (χ2n) is 5.25. The van der Waals surface area contributed by atoms with Gasteiger partial charge < -0.3 is 10.2 Å². The number of rotatable bonds is 2. The number of nitrogens with one attached hydrogen (secondary N) is 1. The minimum Gasteiger partial charge on any atom is -0.508 e.